The van der Waals surface area contributed by atoms with Gasteiger partial charge in [0.1, 0.15) is 5.75 Å². The van der Waals surface area contributed by atoms with Crippen LogP contribution in [-0.4, -0.2) is 5.11 Å². The van der Waals surface area contributed by atoms with Crippen molar-refractivity contribution in [2.24, 2.45) is 0 Å². The fourth-order valence-electron chi connectivity index (χ4n) is 1.49. The summed E-state index contributed by atoms with van der Waals surface area (Å²) in [6, 6.07) is 14.3. The number of phenolic OH excluding ortho intramolecular Hbond substituents is 1. The lowest BCUT2D eigenvalue weighted by molar-refractivity contribution is 0.470. The van der Waals surface area contributed by atoms with E-state index in [0.717, 1.165) is 14.9 Å². The summed E-state index contributed by atoms with van der Waals surface area (Å²) in [6.45, 7) is 2.15. The van der Waals surface area contributed by atoms with Gasteiger partial charge in [-0.1, -0.05) is 30.8 Å². The lowest BCUT2D eigenvalue weighted by Crippen LogP contribution is -1.80. The predicted molar refractivity (Wildman–Crippen MR) is 80.8 cm³/mol. The third-order valence-electron chi connectivity index (χ3n) is 2.48. The first-order valence-corrected chi connectivity index (χ1v) is 7.34. The van der Waals surface area contributed by atoms with Crippen LogP contribution in [0, 0.1) is 3.57 Å². The summed E-state index contributed by atoms with van der Waals surface area (Å²) in [7, 11) is 0. The highest BCUT2D eigenvalue weighted by Gasteiger charge is 2.01. The molecule has 0 amide bonds. The second-order valence-corrected chi connectivity index (χ2v) is 6.02. The molecule has 0 fully saturated rings. The zero-order valence-corrected chi connectivity index (χ0v) is 12.5. The van der Waals surface area contributed by atoms with Gasteiger partial charge in [0.05, 0.1) is 3.57 Å². The summed E-state index contributed by atoms with van der Waals surface area (Å²) >= 11 is 3.79. The van der Waals surface area contributed by atoms with E-state index in [1.165, 1.54) is 10.5 Å². The molecule has 0 heterocycles. The minimum atomic E-state index is 0.348. The third-order valence-corrected chi connectivity index (χ3v) is 4.39. The van der Waals surface area contributed by atoms with Crippen molar-refractivity contribution >= 4 is 34.4 Å². The molecule has 2 aromatic rings. The van der Waals surface area contributed by atoms with Crippen LogP contribution in [0.5, 0.6) is 5.75 Å². The highest BCUT2D eigenvalue weighted by molar-refractivity contribution is 14.1. The first-order chi connectivity index (χ1) is 8.19. The highest BCUT2D eigenvalue weighted by Crippen LogP contribution is 2.31. The average Bonchev–Trinajstić information content (AvgIpc) is 2.35. The van der Waals surface area contributed by atoms with Crippen LogP contribution in [0.4, 0.5) is 0 Å². The van der Waals surface area contributed by atoms with Gasteiger partial charge in [0.15, 0.2) is 0 Å². The number of aryl methyl sites for hydroxylation is 1. The average molecular weight is 356 g/mol. The zero-order chi connectivity index (χ0) is 12.3. The molecule has 0 aliphatic heterocycles. The Morgan fingerprint density at radius 2 is 1.71 bits per heavy atom. The Morgan fingerprint density at radius 1 is 1.06 bits per heavy atom. The van der Waals surface area contributed by atoms with Gasteiger partial charge >= 0.3 is 0 Å². The van der Waals surface area contributed by atoms with Gasteiger partial charge in [0.2, 0.25) is 0 Å². The van der Waals surface area contributed by atoms with Gasteiger partial charge in [-0.15, -0.1) is 0 Å². The van der Waals surface area contributed by atoms with Crippen LogP contribution >= 0.6 is 34.4 Å². The van der Waals surface area contributed by atoms with Gasteiger partial charge in [0, 0.05) is 9.79 Å². The van der Waals surface area contributed by atoms with E-state index < -0.39 is 0 Å². The van der Waals surface area contributed by atoms with Crippen LogP contribution in [0.15, 0.2) is 52.3 Å². The molecule has 0 saturated carbocycles. The normalized spacial score (nSPS) is 10.5. The minimum Gasteiger partial charge on any atom is -0.507 e. The quantitative estimate of drug-likeness (QED) is 0.804. The van der Waals surface area contributed by atoms with Gasteiger partial charge in [-0.2, -0.15) is 0 Å². The molecule has 2 rings (SSSR count). The first kappa shape index (κ1) is 12.8. The van der Waals surface area contributed by atoms with Gasteiger partial charge in [-0.3, -0.25) is 0 Å². The fraction of sp³-hybridized carbons (Fsp3) is 0.143. The van der Waals surface area contributed by atoms with Crippen LogP contribution in [-0.2, 0) is 6.42 Å². The van der Waals surface area contributed by atoms with E-state index in [2.05, 4.69) is 53.8 Å². The molecule has 0 saturated heterocycles. The molecule has 0 aromatic heterocycles. The number of benzene rings is 2. The van der Waals surface area contributed by atoms with Gasteiger partial charge in [0.25, 0.3) is 0 Å². The maximum atomic E-state index is 9.64. The zero-order valence-electron chi connectivity index (χ0n) is 9.48. The standard InChI is InChI=1S/C14H13IOS/c1-2-10-3-5-11(6-4-10)17-12-7-8-13(15)14(16)9-12/h3-9,16H,2H2,1H3. The van der Waals surface area contributed by atoms with E-state index in [9.17, 15) is 5.11 Å². The van der Waals surface area contributed by atoms with Crippen molar-refractivity contribution in [1.29, 1.82) is 0 Å². The van der Waals surface area contributed by atoms with E-state index >= 15 is 0 Å². The van der Waals surface area contributed by atoms with Crippen LogP contribution in [0.25, 0.3) is 0 Å². The fourth-order valence-corrected chi connectivity index (χ4v) is 2.67. The Morgan fingerprint density at radius 3 is 2.29 bits per heavy atom. The van der Waals surface area contributed by atoms with Crippen molar-refractivity contribution in [1.82, 2.24) is 0 Å². The molecule has 17 heavy (non-hydrogen) atoms. The molecule has 0 atom stereocenters. The SMILES string of the molecule is CCc1ccc(Sc2ccc(I)c(O)c2)cc1. The van der Waals surface area contributed by atoms with Crippen molar-refractivity contribution in [3.05, 3.63) is 51.6 Å². The topological polar surface area (TPSA) is 20.2 Å². The maximum absolute atomic E-state index is 9.64. The molecule has 1 nitrogen and oxygen atoms in total. The Labute approximate surface area is 119 Å². The summed E-state index contributed by atoms with van der Waals surface area (Å²) in [5, 5.41) is 9.64. The van der Waals surface area contributed by atoms with Gasteiger partial charge < -0.3 is 5.11 Å². The van der Waals surface area contributed by atoms with E-state index in [4.69, 9.17) is 0 Å². The van der Waals surface area contributed by atoms with Crippen molar-refractivity contribution in [2.75, 3.05) is 0 Å². The monoisotopic (exact) mass is 356 g/mol. The van der Waals surface area contributed by atoms with Gasteiger partial charge in [-0.05, 0) is 64.9 Å². The molecule has 0 bridgehead atoms. The number of halogens is 1. The molecule has 0 spiro atoms. The molecule has 0 aliphatic carbocycles. The second-order valence-electron chi connectivity index (χ2n) is 3.71. The molecule has 0 unspecified atom stereocenters. The second kappa shape index (κ2) is 5.78. The number of rotatable bonds is 3. The Kier molecular flexibility index (Phi) is 4.34. The molecule has 88 valence electrons. The summed E-state index contributed by atoms with van der Waals surface area (Å²) in [5.41, 5.74) is 1.35. The number of phenols is 1. The first-order valence-electron chi connectivity index (χ1n) is 5.44. The molecule has 2 aromatic carbocycles. The highest BCUT2D eigenvalue weighted by atomic mass is 127. The lowest BCUT2D eigenvalue weighted by atomic mass is 10.2. The Balaban J connectivity index is 2.16. The van der Waals surface area contributed by atoms with Crippen LogP contribution in [0.1, 0.15) is 12.5 Å². The smallest absolute Gasteiger partial charge is 0.130 e. The molecule has 0 aliphatic rings. The van der Waals surface area contributed by atoms with E-state index in [0.29, 0.717) is 5.75 Å². The number of hydrogen-bond acceptors (Lipinski definition) is 2. The van der Waals surface area contributed by atoms with Crippen molar-refractivity contribution < 1.29 is 5.11 Å². The Bertz CT molecular complexity index is 508. The van der Waals surface area contributed by atoms with Crippen LogP contribution in [0.3, 0.4) is 0 Å². The van der Waals surface area contributed by atoms with Crippen LogP contribution in [0.2, 0.25) is 0 Å². The van der Waals surface area contributed by atoms with E-state index in [-0.39, 0.29) is 0 Å². The molecule has 3 heteroatoms. The maximum Gasteiger partial charge on any atom is 0.130 e. The Hall–Kier alpha value is -0.680. The van der Waals surface area contributed by atoms with Gasteiger partial charge in [-0.25, -0.2) is 0 Å². The van der Waals surface area contributed by atoms with Crippen LogP contribution < -0.4 is 0 Å². The summed E-state index contributed by atoms with van der Waals surface area (Å²) < 4.78 is 0.883. The molecular formula is C14H13IOS. The lowest BCUT2D eigenvalue weighted by Gasteiger charge is -2.04. The van der Waals surface area contributed by atoms with Crippen molar-refractivity contribution in [3.63, 3.8) is 0 Å². The van der Waals surface area contributed by atoms with Crippen molar-refractivity contribution in [2.45, 2.75) is 23.1 Å². The summed E-state index contributed by atoms with van der Waals surface area (Å²) in [6.07, 6.45) is 1.06. The summed E-state index contributed by atoms with van der Waals surface area (Å²) in [5.74, 6) is 0.348. The minimum absolute atomic E-state index is 0.348. The number of hydrogen-bond donors (Lipinski definition) is 1. The largest absolute Gasteiger partial charge is 0.507 e. The summed E-state index contributed by atoms with van der Waals surface area (Å²) in [4.78, 5) is 2.26. The predicted octanol–water partition coefficient (Wildman–Crippen LogP) is 4.71. The molecule has 0 radical (unpaired) electrons. The van der Waals surface area contributed by atoms with E-state index in [1.54, 1.807) is 17.8 Å². The number of aromatic hydroxyl groups is 1. The molecular weight excluding hydrogens is 343 g/mol. The van der Waals surface area contributed by atoms with E-state index in [1.807, 2.05) is 12.1 Å². The van der Waals surface area contributed by atoms with Crippen molar-refractivity contribution in [3.8, 4) is 5.75 Å². The molecule has 1 N–H and O–H groups in total. The third kappa shape index (κ3) is 3.39.